The SMILES string of the molecule is O=C1CN(C(=O)CC2CCCO2)CCN1. The molecule has 0 saturated carbocycles. The van der Waals surface area contributed by atoms with Crippen LogP contribution in [0.25, 0.3) is 0 Å². The zero-order valence-corrected chi connectivity index (χ0v) is 8.70. The molecule has 0 bridgehead atoms. The van der Waals surface area contributed by atoms with Crippen molar-refractivity contribution in [2.75, 3.05) is 26.2 Å². The van der Waals surface area contributed by atoms with Crippen LogP contribution in [0.5, 0.6) is 0 Å². The third-order valence-electron chi connectivity index (χ3n) is 2.82. The molecule has 0 aromatic carbocycles. The van der Waals surface area contributed by atoms with Crippen molar-refractivity contribution < 1.29 is 14.3 Å². The van der Waals surface area contributed by atoms with Crippen molar-refractivity contribution in [2.45, 2.75) is 25.4 Å². The molecule has 1 atom stereocenters. The molecule has 5 heteroatoms. The molecule has 2 aliphatic rings. The Labute approximate surface area is 88.8 Å². The number of hydrogen-bond acceptors (Lipinski definition) is 3. The second kappa shape index (κ2) is 4.61. The normalized spacial score (nSPS) is 26.5. The van der Waals surface area contributed by atoms with Crippen LogP contribution in [0.3, 0.4) is 0 Å². The monoisotopic (exact) mass is 212 g/mol. The molecular weight excluding hydrogens is 196 g/mol. The van der Waals surface area contributed by atoms with Gasteiger partial charge in [-0.25, -0.2) is 0 Å². The Morgan fingerprint density at radius 3 is 3.13 bits per heavy atom. The van der Waals surface area contributed by atoms with Crippen molar-refractivity contribution >= 4 is 11.8 Å². The Morgan fingerprint density at radius 1 is 1.60 bits per heavy atom. The summed E-state index contributed by atoms with van der Waals surface area (Å²) in [5, 5.41) is 2.70. The molecule has 2 heterocycles. The van der Waals surface area contributed by atoms with Gasteiger partial charge in [-0.3, -0.25) is 9.59 Å². The first-order chi connectivity index (χ1) is 7.25. The standard InChI is InChI=1S/C10H16N2O3/c13-9-7-12(4-3-11-9)10(14)6-8-2-1-5-15-8/h8H,1-7H2,(H,11,13). The van der Waals surface area contributed by atoms with E-state index in [0.29, 0.717) is 19.5 Å². The maximum absolute atomic E-state index is 11.8. The van der Waals surface area contributed by atoms with Crippen molar-refractivity contribution in [3.05, 3.63) is 0 Å². The largest absolute Gasteiger partial charge is 0.378 e. The summed E-state index contributed by atoms with van der Waals surface area (Å²) in [6.07, 6.45) is 2.50. The fraction of sp³-hybridized carbons (Fsp3) is 0.800. The van der Waals surface area contributed by atoms with Crippen LogP contribution in [0, 0.1) is 0 Å². The molecule has 2 rings (SSSR count). The van der Waals surface area contributed by atoms with Gasteiger partial charge in [0.25, 0.3) is 0 Å². The van der Waals surface area contributed by atoms with Crippen LogP contribution in [0.1, 0.15) is 19.3 Å². The lowest BCUT2D eigenvalue weighted by Crippen LogP contribution is -2.50. The van der Waals surface area contributed by atoms with Crippen LogP contribution in [0.15, 0.2) is 0 Å². The zero-order valence-electron chi connectivity index (χ0n) is 8.70. The molecule has 2 amide bonds. The molecule has 84 valence electrons. The molecule has 2 saturated heterocycles. The third-order valence-corrected chi connectivity index (χ3v) is 2.82. The lowest BCUT2D eigenvalue weighted by atomic mass is 10.1. The van der Waals surface area contributed by atoms with Crippen molar-refractivity contribution in [1.82, 2.24) is 10.2 Å². The Hall–Kier alpha value is -1.10. The summed E-state index contributed by atoms with van der Waals surface area (Å²) >= 11 is 0. The quantitative estimate of drug-likeness (QED) is 0.672. The van der Waals surface area contributed by atoms with Crippen molar-refractivity contribution in [1.29, 1.82) is 0 Å². The number of rotatable bonds is 2. The number of piperazine rings is 1. The molecular formula is C10H16N2O3. The molecule has 0 aromatic rings. The predicted octanol–water partition coefficient (Wildman–Crippen LogP) is -0.486. The summed E-state index contributed by atoms with van der Waals surface area (Å²) < 4.78 is 5.39. The van der Waals surface area contributed by atoms with Gasteiger partial charge < -0.3 is 15.0 Å². The maximum Gasteiger partial charge on any atom is 0.239 e. The smallest absolute Gasteiger partial charge is 0.239 e. The van der Waals surface area contributed by atoms with Gasteiger partial charge in [-0.05, 0) is 12.8 Å². The summed E-state index contributed by atoms with van der Waals surface area (Å²) in [5.74, 6) is -0.0290. The fourth-order valence-corrected chi connectivity index (χ4v) is 1.98. The van der Waals surface area contributed by atoms with Gasteiger partial charge in [0.15, 0.2) is 0 Å². The molecule has 0 spiro atoms. The molecule has 1 N–H and O–H groups in total. The minimum atomic E-state index is -0.0676. The maximum atomic E-state index is 11.8. The van der Waals surface area contributed by atoms with E-state index in [1.807, 2.05) is 0 Å². The lowest BCUT2D eigenvalue weighted by molar-refractivity contribution is -0.139. The number of amides is 2. The van der Waals surface area contributed by atoms with Gasteiger partial charge in [0.05, 0.1) is 19.1 Å². The second-order valence-corrected chi connectivity index (χ2v) is 4.00. The zero-order chi connectivity index (χ0) is 10.7. The first kappa shape index (κ1) is 10.4. The van der Waals surface area contributed by atoms with Crippen LogP contribution < -0.4 is 5.32 Å². The van der Waals surface area contributed by atoms with Crippen LogP contribution in [0.2, 0.25) is 0 Å². The Morgan fingerprint density at radius 2 is 2.47 bits per heavy atom. The van der Waals surface area contributed by atoms with E-state index in [1.165, 1.54) is 0 Å². The number of nitrogens with zero attached hydrogens (tertiary/aromatic N) is 1. The average Bonchev–Trinajstić information content (AvgIpc) is 2.70. The highest BCUT2D eigenvalue weighted by Gasteiger charge is 2.25. The molecule has 2 aliphatic heterocycles. The summed E-state index contributed by atoms with van der Waals surface area (Å²) in [5.41, 5.74) is 0. The van der Waals surface area contributed by atoms with Crippen LogP contribution in [-0.4, -0.2) is 49.1 Å². The van der Waals surface area contributed by atoms with Gasteiger partial charge in [-0.1, -0.05) is 0 Å². The first-order valence-electron chi connectivity index (χ1n) is 5.42. The van der Waals surface area contributed by atoms with Gasteiger partial charge in [0, 0.05) is 19.7 Å². The minimum absolute atomic E-state index is 0.0387. The second-order valence-electron chi connectivity index (χ2n) is 4.00. The summed E-state index contributed by atoms with van der Waals surface area (Å²) in [4.78, 5) is 24.5. The van der Waals surface area contributed by atoms with Gasteiger partial charge in [0.1, 0.15) is 0 Å². The molecule has 15 heavy (non-hydrogen) atoms. The van der Waals surface area contributed by atoms with E-state index in [4.69, 9.17) is 4.74 Å². The van der Waals surface area contributed by atoms with E-state index in [2.05, 4.69) is 5.32 Å². The van der Waals surface area contributed by atoms with Crippen LogP contribution in [0.4, 0.5) is 0 Å². The highest BCUT2D eigenvalue weighted by atomic mass is 16.5. The Balaban J connectivity index is 1.81. The number of carbonyl (C=O) groups excluding carboxylic acids is 2. The molecule has 0 radical (unpaired) electrons. The van der Waals surface area contributed by atoms with E-state index < -0.39 is 0 Å². The Kier molecular flexibility index (Phi) is 3.20. The topological polar surface area (TPSA) is 58.6 Å². The number of carbonyl (C=O) groups is 2. The number of hydrogen-bond donors (Lipinski definition) is 1. The highest BCUT2D eigenvalue weighted by Crippen LogP contribution is 2.16. The number of ether oxygens (including phenoxy) is 1. The van der Waals surface area contributed by atoms with E-state index in [0.717, 1.165) is 19.4 Å². The van der Waals surface area contributed by atoms with Gasteiger partial charge in [0.2, 0.25) is 11.8 Å². The molecule has 0 aliphatic carbocycles. The first-order valence-corrected chi connectivity index (χ1v) is 5.42. The van der Waals surface area contributed by atoms with Crippen molar-refractivity contribution in [3.8, 4) is 0 Å². The minimum Gasteiger partial charge on any atom is -0.378 e. The van der Waals surface area contributed by atoms with Crippen molar-refractivity contribution in [3.63, 3.8) is 0 Å². The van der Waals surface area contributed by atoms with E-state index >= 15 is 0 Å². The van der Waals surface area contributed by atoms with Gasteiger partial charge in [-0.15, -0.1) is 0 Å². The molecule has 5 nitrogen and oxygen atoms in total. The highest BCUT2D eigenvalue weighted by molar-refractivity contribution is 5.86. The van der Waals surface area contributed by atoms with Crippen LogP contribution in [-0.2, 0) is 14.3 Å². The van der Waals surface area contributed by atoms with E-state index in [9.17, 15) is 9.59 Å². The average molecular weight is 212 g/mol. The van der Waals surface area contributed by atoms with Gasteiger partial charge in [-0.2, -0.15) is 0 Å². The molecule has 0 aromatic heterocycles. The third kappa shape index (κ3) is 2.68. The van der Waals surface area contributed by atoms with E-state index in [1.54, 1.807) is 4.90 Å². The van der Waals surface area contributed by atoms with Gasteiger partial charge >= 0.3 is 0 Å². The van der Waals surface area contributed by atoms with Crippen LogP contribution >= 0.6 is 0 Å². The molecule has 2 fully saturated rings. The summed E-state index contributed by atoms with van der Waals surface area (Å²) in [7, 11) is 0. The fourth-order valence-electron chi connectivity index (χ4n) is 1.98. The van der Waals surface area contributed by atoms with Crippen molar-refractivity contribution in [2.24, 2.45) is 0 Å². The lowest BCUT2D eigenvalue weighted by Gasteiger charge is -2.27. The van der Waals surface area contributed by atoms with E-state index in [-0.39, 0.29) is 24.5 Å². The molecule has 1 unspecified atom stereocenters. The Bertz CT molecular complexity index is 261. The summed E-state index contributed by atoms with van der Waals surface area (Å²) in [6, 6.07) is 0. The number of nitrogens with one attached hydrogen (secondary N) is 1. The predicted molar refractivity (Wildman–Crippen MR) is 53.2 cm³/mol. The summed E-state index contributed by atoms with van der Waals surface area (Å²) in [6.45, 7) is 2.15.